The van der Waals surface area contributed by atoms with Gasteiger partial charge in [0.25, 0.3) is 0 Å². The largest absolute Gasteiger partial charge is 0.465 e. The lowest BCUT2D eigenvalue weighted by Crippen LogP contribution is -2.67. The highest BCUT2D eigenvalue weighted by atomic mass is 16.5. The summed E-state index contributed by atoms with van der Waals surface area (Å²) in [4.78, 5) is 12.0. The molecule has 6 rings (SSSR count). The maximum absolute atomic E-state index is 12.0. The van der Waals surface area contributed by atoms with E-state index in [2.05, 4.69) is 66.3 Å². The summed E-state index contributed by atoms with van der Waals surface area (Å²) >= 11 is 0. The topological polar surface area (TPSA) is 52.3 Å². The van der Waals surface area contributed by atoms with Crippen molar-refractivity contribution in [1.82, 2.24) is 0 Å². The molecule has 2 N–H and O–H groups in total. The van der Waals surface area contributed by atoms with Gasteiger partial charge in [0, 0.05) is 5.54 Å². The third-order valence-corrected chi connectivity index (χ3v) is 14.3. The number of rotatable bonds is 3. The summed E-state index contributed by atoms with van der Waals surface area (Å²) in [7, 11) is 1.45. The van der Waals surface area contributed by atoms with Gasteiger partial charge in [-0.05, 0) is 139 Å². The second-order valence-corrected chi connectivity index (χ2v) is 16.0. The molecule has 9 atom stereocenters. The van der Waals surface area contributed by atoms with E-state index in [1.807, 2.05) is 12.1 Å². The van der Waals surface area contributed by atoms with Gasteiger partial charge in [-0.1, -0.05) is 65.0 Å². The Morgan fingerprint density at radius 2 is 1.60 bits per heavy atom. The second kappa shape index (κ2) is 9.06. The van der Waals surface area contributed by atoms with Crippen molar-refractivity contribution in [2.45, 2.75) is 105 Å². The van der Waals surface area contributed by atoms with Gasteiger partial charge in [0.05, 0.1) is 12.7 Å². The van der Waals surface area contributed by atoms with Crippen LogP contribution < -0.4 is 5.73 Å². The molecule has 5 aliphatic carbocycles. The van der Waals surface area contributed by atoms with E-state index in [-0.39, 0.29) is 16.9 Å². The predicted octanol–water partition coefficient (Wildman–Crippen LogP) is 8.84. The van der Waals surface area contributed by atoms with Crippen molar-refractivity contribution in [3.8, 4) is 0 Å². The van der Waals surface area contributed by atoms with Gasteiger partial charge in [-0.15, -0.1) is 0 Å². The van der Waals surface area contributed by atoms with E-state index in [0.717, 1.165) is 12.3 Å². The molecule has 0 spiro atoms. The Hall–Kier alpha value is -1.87. The highest BCUT2D eigenvalue weighted by molar-refractivity contribution is 5.89. The van der Waals surface area contributed by atoms with Crippen molar-refractivity contribution < 1.29 is 9.53 Å². The first-order valence-corrected chi connectivity index (χ1v) is 16.1. The van der Waals surface area contributed by atoms with Crippen LogP contribution in [0, 0.1) is 51.2 Å². The van der Waals surface area contributed by atoms with E-state index >= 15 is 0 Å². The molecule has 1 aromatic rings. The van der Waals surface area contributed by atoms with Crippen molar-refractivity contribution in [1.29, 1.82) is 0 Å². The number of carbonyl (C=O) groups excluding carboxylic acids is 1. The van der Waals surface area contributed by atoms with Crippen LogP contribution in [-0.2, 0) is 4.74 Å². The van der Waals surface area contributed by atoms with Crippen LogP contribution in [0.1, 0.15) is 115 Å². The quantitative estimate of drug-likeness (QED) is 0.306. The number of methoxy groups -OCH3 is 1. The van der Waals surface area contributed by atoms with Crippen LogP contribution in [0.2, 0.25) is 0 Å². The fourth-order valence-electron chi connectivity index (χ4n) is 12.2. The number of benzene rings is 1. The molecule has 0 aromatic heterocycles. The zero-order valence-electron chi connectivity index (χ0n) is 26.2. The predicted molar refractivity (Wildman–Crippen MR) is 165 cm³/mol. The molecular formula is C37H53NO2. The molecule has 0 aliphatic heterocycles. The Kier molecular flexibility index (Phi) is 6.40. The second-order valence-electron chi connectivity index (χ2n) is 16.0. The first kappa shape index (κ1) is 28.3. The third-order valence-electron chi connectivity index (χ3n) is 14.3. The molecule has 3 heteroatoms. The van der Waals surface area contributed by atoms with Crippen LogP contribution in [0.5, 0.6) is 0 Å². The fourth-order valence-corrected chi connectivity index (χ4v) is 12.2. The molecule has 40 heavy (non-hydrogen) atoms. The van der Waals surface area contributed by atoms with Gasteiger partial charge in [0.15, 0.2) is 0 Å². The minimum Gasteiger partial charge on any atom is -0.465 e. The molecule has 0 radical (unpaired) electrons. The highest BCUT2D eigenvalue weighted by Gasteiger charge is 2.70. The molecule has 0 saturated heterocycles. The van der Waals surface area contributed by atoms with Gasteiger partial charge in [0.1, 0.15) is 0 Å². The molecule has 0 heterocycles. The number of hydrogen-bond acceptors (Lipinski definition) is 3. The first-order chi connectivity index (χ1) is 18.7. The monoisotopic (exact) mass is 543 g/mol. The van der Waals surface area contributed by atoms with Crippen molar-refractivity contribution in [3.05, 3.63) is 53.6 Å². The number of fused-ring (bicyclic) bond motifs is 7. The lowest BCUT2D eigenvalue weighted by molar-refractivity contribution is -0.217. The molecule has 0 amide bonds. The van der Waals surface area contributed by atoms with Crippen LogP contribution in [0.15, 0.2) is 42.5 Å². The van der Waals surface area contributed by atoms with Gasteiger partial charge < -0.3 is 10.5 Å². The summed E-state index contributed by atoms with van der Waals surface area (Å²) in [5.41, 5.74) is 13.0. The van der Waals surface area contributed by atoms with Gasteiger partial charge in [-0.2, -0.15) is 0 Å². The Balaban J connectivity index is 1.34. The first-order valence-electron chi connectivity index (χ1n) is 16.1. The summed E-state index contributed by atoms with van der Waals surface area (Å²) in [5.74, 6) is 3.03. The van der Waals surface area contributed by atoms with Crippen LogP contribution in [0.25, 0.3) is 5.57 Å². The zero-order valence-corrected chi connectivity index (χ0v) is 26.2. The van der Waals surface area contributed by atoms with Gasteiger partial charge in [0.2, 0.25) is 0 Å². The molecule has 0 bridgehead atoms. The van der Waals surface area contributed by atoms with Crippen molar-refractivity contribution >= 4 is 11.5 Å². The number of nitrogens with two attached hydrogens (primary N) is 1. The molecule has 1 aromatic carbocycles. The number of hydrogen-bond donors (Lipinski definition) is 1. The Labute approximate surface area is 243 Å². The maximum Gasteiger partial charge on any atom is 0.337 e. The lowest BCUT2D eigenvalue weighted by Gasteiger charge is -2.72. The minimum atomic E-state index is -0.270. The van der Waals surface area contributed by atoms with Crippen molar-refractivity contribution in [2.24, 2.45) is 57.0 Å². The van der Waals surface area contributed by atoms with Crippen LogP contribution in [0.3, 0.4) is 0 Å². The zero-order chi connectivity index (χ0) is 28.9. The van der Waals surface area contributed by atoms with E-state index in [1.165, 1.54) is 75.2 Å². The average molecular weight is 544 g/mol. The number of esters is 1. The van der Waals surface area contributed by atoms with E-state index < -0.39 is 0 Å². The summed E-state index contributed by atoms with van der Waals surface area (Å²) in [6, 6.07) is 8.10. The van der Waals surface area contributed by atoms with Gasteiger partial charge in [-0.3, -0.25) is 0 Å². The third kappa shape index (κ3) is 3.61. The Morgan fingerprint density at radius 1 is 0.900 bits per heavy atom. The average Bonchev–Trinajstić information content (AvgIpc) is 3.26. The standard InChI is InChI=1S/C37H53NO2/c1-23(2)26-15-20-37(38)22-21-35(6)28(31(26)37)13-14-30-34(5)18-16-27(24-9-11-25(12-10-24)32(39)40-8)33(3,4)29(34)17-19-36(30,35)7/h9-12,16,26,28-31H,1,13-15,17-22,38H2,2-8H3/t26?,28-,29?,30?,31?,34+,35-,36-,37+/m1/s1. The number of allylic oxidation sites excluding steroid dienone is 3. The summed E-state index contributed by atoms with van der Waals surface area (Å²) in [6.45, 7) is 19.8. The highest BCUT2D eigenvalue weighted by Crippen LogP contribution is 2.76. The molecule has 4 fully saturated rings. The molecule has 4 unspecified atom stereocenters. The maximum atomic E-state index is 12.0. The Bertz CT molecular complexity index is 1240. The van der Waals surface area contributed by atoms with Crippen molar-refractivity contribution in [2.75, 3.05) is 7.11 Å². The number of carbonyl (C=O) groups is 1. The molecule has 5 aliphatic rings. The Morgan fingerprint density at radius 3 is 2.25 bits per heavy atom. The number of ether oxygens (including phenoxy) is 1. The minimum absolute atomic E-state index is 0.0198. The molecule has 218 valence electrons. The summed E-state index contributed by atoms with van der Waals surface area (Å²) in [5, 5.41) is 0. The van der Waals surface area contributed by atoms with Crippen molar-refractivity contribution in [3.63, 3.8) is 0 Å². The molecule has 4 saturated carbocycles. The summed E-state index contributed by atoms with van der Waals surface area (Å²) < 4.78 is 4.93. The smallest absolute Gasteiger partial charge is 0.337 e. The SMILES string of the molecule is C=C(C)C1CC[C@]2(N)CC[C@]3(C)[C@H](CCC4[C@@]5(C)CC=C(c6ccc(C(=O)OC)cc6)C(C)(C)C5CC[C@]43C)C12. The van der Waals surface area contributed by atoms with E-state index in [9.17, 15) is 4.79 Å². The summed E-state index contributed by atoms with van der Waals surface area (Å²) in [6.07, 6.45) is 13.9. The fraction of sp³-hybridized carbons (Fsp3) is 0.703. The van der Waals surface area contributed by atoms with Crippen LogP contribution >= 0.6 is 0 Å². The van der Waals surface area contributed by atoms with E-state index in [1.54, 1.807) is 0 Å². The lowest BCUT2D eigenvalue weighted by atomic mass is 9.33. The van der Waals surface area contributed by atoms with Crippen LogP contribution in [-0.4, -0.2) is 18.6 Å². The van der Waals surface area contributed by atoms with Gasteiger partial charge >= 0.3 is 5.97 Å². The normalized spacial score (nSPS) is 45.3. The van der Waals surface area contributed by atoms with E-state index in [0.29, 0.717) is 45.5 Å². The molecular weight excluding hydrogens is 490 g/mol. The van der Waals surface area contributed by atoms with Crippen LogP contribution in [0.4, 0.5) is 0 Å². The van der Waals surface area contributed by atoms with Gasteiger partial charge in [-0.25, -0.2) is 4.79 Å². The van der Waals surface area contributed by atoms with E-state index in [4.69, 9.17) is 10.5 Å². The molecule has 3 nitrogen and oxygen atoms in total.